The van der Waals surface area contributed by atoms with Crippen molar-refractivity contribution in [1.29, 1.82) is 0 Å². The monoisotopic (exact) mass is 133 g/mol. The molecular formula is C5H15N3O. The fourth-order valence-corrected chi connectivity index (χ4v) is 0.150. The average molecular weight is 133 g/mol. The fourth-order valence-electron chi connectivity index (χ4n) is 0.150. The van der Waals surface area contributed by atoms with Crippen LogP contribution in [0.15, 0.2) is 4.99 Å². The van der Waals surface area contributed by atoms with Crippen LogP contribution in [0.1, 0.15) is 13.8 Å². The van der Waals surface area contributed by atoms with Crippen LogP contribution in [0.5, 0.6) is 0 Å². The summed E-state index contributed by atoms with van der Waals surface area (Å²) in [5.41, 5.74) is 7.42. The average Bonchev–Trinajstić information content (AvgIpc) is 1.93. The Morgan fingerprint density at radius 3 is 2.11 bits per heavy atom. The van der Waals surface area contributed by atoms with Gasteiger partial charge in [0.25, 0.3) is 0 Å². The molecule has 56 valence electrons. The number of hydrogen-bond donors (Lipinski definition) is 2. The van der Waals surface area contributed by atoms with Gasteiger partial charge in [0.2, 0.25) is 5.96 Å². The second-order valence-corrected chi connectivity index (χ2v) is 0.915. The topological polar surface area (TPSA) is 59.6 Å². The lowest BCUT2D eigenvalue weighted by Gasteiger charge is -1.96. The van der Waals surface area contributed by atoms with Gasteiger partial charge in [-0.3, -0.25) is 9.83 Å². The smallest absolute Gasteiger partial charge is 0.212 e. The number of nitrogens with two attached hydrogens (primary N) is 1. The van der Waals surface area contributed by atoms with Crippen LogP contribution in [0.3, 0.4) is 0 Å². The Kier molecular flexibility index (Phi) is 12.6. The predicted molar refractivity (Wildman–Crippen MR) is 39.0 cm³/mol. The van der Waals surface area contributed by atoms with E-state index in [4.69, 9.17) is 5.73 Å². The molecule has 0 heterocycles. The summed E-state index contributed by atoms with van der Waals surface area (Å²) in [4.78, 5) is 7.93. The Labute approximate surface area is 56.1 Å². The lowest BCUT2D eigenvalue weighted by molar-refractivity contribution is 0.143. The highest BCUT2D eigenvalue weighted by Gasteiger charge is 1.78. The molecule has 0 aliphatic carbocycles. The molecule has 4 heteroatoms. The molecule has 0 saturated carbocycles. The van der Waals surface area contributed by atoms with Crippen molar-refractivity contribution in [3.05, 3.63) is 0 Å². The summed E-state index contributed by atoms with van der Waals surface area (Å²) >= 11 is 0. The number of aliphatic imine (C=N–C) groups is 1. The van der Waals surface area contributed by atoms with Gasteiger partial charge in [-0.1, -0.05) is 13.8 Å². The number of nitrogens with one attached hydrogen (secondary N) is 1. The Hall–Kier alpha value is -0.770. The highest BCUT2D eigenvalue weighted by molar-refractivity contribution is 5.76. The Morgan fingerprint density at radius 2 is 2.00 bits per heavy atom. The Balaban J connectivity index is 0. The Bertz CT molecular complexity index is 72.6. The van der Waals surface area contributed by atoms with Crippen molar-refractivity contribution in [2.45, 2.75) is 13.8 Å². The van der Waals surface area contributed by atoms with Crippen LogP contribution in [-0.4, -0.2) is 20.1 Å². The summed E-state index contributed by atoms with van der Waals surface area (Å²) in [6.45, 7) is 4.00. The predicted octanol–water partition coefficient (Wildman–Crippen LogP) is 0.108. The summed E-state index contributed by atoms with van der Waals surface area (Å²) in [5, 5.41) is 0. The van der Waals surface area contributed by atoms with Crippen LogP contribution < -0.4 is 11.2 Å². The van der Waals surface area contributed by atoms with Gasteiger partial charge >= 0.3 is 0 Å². The van der Waals surface area contributed by atoms with Crippen molar-refractivity contribution in [2.24, 2.45) is 10.7 Å². The maximum Gasteiger partial charge on any atom is 0.212 e. The van der Waals surface area contributed by atoms with E-state index in [-0.39, 0.29) is 5.96 Å². The van der Waals surface area contributed by atoms with Crippen LogP contribution >= 0.6 is 0 Å². The standard InChI is InChI=1S/C3H9N3O.C2H6/c1-5-3(4)6-7-2;1-2/h1-2H3,(H3,4,5,6);1-2H3. The number of nitrogens with zero attached hydrogens (tertiary/aromatic N) is 1. The number of hydrogen-bond acceptors (Lipinski definition) is 2. The number of guanidine groups is 1. The number of rotatable bonds is 1. The quantitative estimate of drug-likeness (QED) is 0.303. The first-order valence-electron chi connectivity index (χ1n) is 2.82. The van der Waals surface area contributed by atoms with Gasteiger partial charge in [-0.2, -0.15) is 0 Å². The molecule has 0 aromatic heterocycles. The molecule has 0 atom stereocenters. The number of hydroxylamine groups is 1. The molecule has 0 bridgehead atoms. The normalized spacial score (nSPS) is 9.56. The van der Waals surface area contributed by atoms with Crippen molar-refractivity contribution < 1.29 is 4.84 Å². The molecule has 0 radical (unpaired) electrons. The molecule has 0 aliphatic heterocycles. The largest absolute Gasteiger partial charge is 0.368 e. The summed E-state index contributed by atoms with van der Waals surface area (Å²) in [6.07, 6.45) is 0. The van der Waals surface area contributed by atoms with Gasteiger partial charge in [0, 0.05) is 7.05 Å². The Morgan fingerprint density at radius 1 is 1.56 bits per heavy atom. The van der Waals surface area contributed by atoms with E-state index >= 15 is 0 Å². The second-order valence-electron chi connectivity index (χ2n) is 0.915. The lowest BCUT2D eigenvalue weighted by Crippen LogP contribution is -2.30. The summed E-state index contributed by atoms with van der Waals surface area (Å²) in [7, 11) is 3.04. The van der Waals surface area contributed by atoms with Crippen LogP contribution in [0, 0.1) is 0 Å². The van der Waals surface area contributed by atoms with E-state index in [0.29, 0.717) is 0 Å². The molecule has 0 aliphatic rings. The highest BCUT2D eigenvalue weighted by Crippen LogP contribution is 1.54. The molecule has 0 rings (SSSR count). The summed E-state index contributed by atoms with van der Waals surface area (Å²) in [6, 6.07) is 0. The minimum Gasteiger partial charge on any atom is -0.368 e. The zero-order valence-corrected chi connectivity index (χ0v) is 6.43. The van der Waals surface area contributed by atoms with Crippen LogP contribution in [0.4, 0.5) is 0 Å². The van der Waals surface area contributed by atoms with Gasteiger partial charge in [-0.25, -0.2) is 5.48 Å². The van der Waals surface area contributed by atoms with Crippen molar-refractivity contribution in [3.63, 3.8) is 0 Å². The van der Waals surface area contributed by atoms with E-state index in [9.17, 15) is 0 Å². The van der Waals surface area contributed by atoms with Gasteiger partial charge < -0.3 is 5.73 Å². The van der Waals surface area contributed by atoms with E-state index in [1.807, 2.05) is 13.8 Å². The van der Waals surface area contributed by atoms with E-state index in [0.717, 1.165) is 0 Å². The van der Waals surface area contributed by atoms with E-state index in [2.05, 4.69) is 15.3 Å². The van der Waals surface area contributed by atoms with Crippen LogP contribution in [-0.2, 0) is 4.84 Å². The molecule has 0 aromatic rings. The zero-order chi connectivity index (χ0) is 7.70. The minimum absolute atomic E-state index is 0.280. The maximum absolute atomic E-state index is 5.10. The molecule has 9 heavy (non-hydrogen) atoms. The van der Waals surface area contributed by atoms with Gasteiger partial charge in [0.1, 0.15) is 0 Å². The molecule has 3 N–H and O–H groups in total. The summed E-state index contributed by atoms with van der Waals surface area (Å²) in [5.74, 6) is 0.280. The van der Waals surface area contributed by atoms with Gasteiger partial charge in [-0.05, 0) is 0 Å². The van der Waals surface area contributed by atoms with Crippen LogP contribution in [0.2, 0.25) is 0 Å². The third-order valence-corrected chi connectivity index (χ3v) is 0.448. The van der Waals surface area contributed by atoms with E-state index < -0.39 is 0 Å². The molecule has 0 spiro atoms. The molecular weight excluding hydrogens is 118 g/mol. The molecule has 0 aromatic carbocycles. The van der Waals surface area contributed by atoms with Crippen LogP contribution in [0.25, 0.3) is 0 Å². The van der Waals surface area contributed by atoms with Gasteiger partial charge in [0.15, 0.2) is 0 Å². The molecule has 0 unspecified atom stereocenters. The highest BCUT2D eigenvalue weighted by atomic mass is 16.6. The third-order valence-electron chi connectivity index (χ3n) is 0.448. The SMILES string of the molecule is CC.CN=C(N)NOC. The molecule has 0 amide bonds. The van der Waals surface area contributed by atoms with Gasteiger partial charge in [-0.15, -0.1) is 0 Å². The fraction of sp³-hybridized carbons (Fsp3) is 0.800. The third kappa shape index (κ3) is 11.1. The zero-order valence-electron chi connectivity index (χ0n) is 6.43. The maximum atomic E-state index is 5.10. The van der Waals surface area contributed by atoms with E-state index in [1.165, 1.54) is 7.11 Å². The minimum atomic E-state index is 0.280. The second kappa shape index (κ2) is 10.3. The first-order chi connectivity index (χ1) is 4.31. The first kappa shape index (κ1) is 11.1. The summed E-state index contributed by atoms with van der Waals surface area (Å²) < 4.78 is 0. The molecule has 0 fully saturated rings. The van der Waals surface area contributed by atoms with Crippen molar-refractivity contribution in [2.75, 3.05) is 14.2 Å². The lowest BCUT2D eigenvalue weighted by atomic mass is 11.0. The van der Waals surface area contributed by atoms with Crippen molar-refractivity contribution in [3.8, 4) is 0 Å². The van der Waals surface area contributed by atoms with E-state index in [1.54, 1.807) is 7.05 Å². The molecule has 4 nitrogen and oxygen atoms in total. The van der Waals surface area contributed by atoms with Gasteiger partial charge in [0.05, 0.1) is 7.11 Å². The first-order valence-corrected chi connectivity index (χ1v) is 2.82. The molecule has 0 saturated heterocycles. The van der Waals surface area contributed by atoms with Crippen molar-refractivity contribution >= 4 is 5.96 Å². The van der Waals surface area contributed by atoms with Crippen molar-refractivity contribution in [1.82, 2.24) is 5.48 Å².